The van der Waals surface area contributed by atoms with E-state index < -0.39 is 5.92 Å². The third-order valence-electron chi connectivity index (χ3n) is 7.24. The van der Waals surface area contributed by atoms with Crippen LogP contribution in [0.2, 0.25) is 0 Å². The quantitative estimate of drug-likeness (QED) is 0.689. The minimum absolute atomic E-state index is 0.0258. The van der Waals surface area contributed by atoms with E-state index in [9.17, 15) is 14.7 Å². The first-order chi connectivity index (χ1) is 14.1. The Hall–Kier alpha value is -1.70. The van der Waals surface area contributed by atoms with Gasteiger partial charge < -0.3 is 19.5 Å². The number of carbonyl (C=O) groups is 2. The highest BCUT2D eigenvalue weighted by Crippen LogP contribution is 2.46. The van der Waals surface area contributed by atoms with Gasteiger partial charge in [0.1, 0.15) is 0 Å². The molecule has 0 aromatic carbocycles. The van der Waals surface area contributed by atoms with Crippen molar-refractivity contribution in [3.63, 3.8) is 0 Å². The SMILES string of the molecule is C/C=C/C1=CCC2[C@H]3[C@@H](C(=O)OC)[C@H](CO)[C@@H](CN2C1=O)N3CC1CCOCC1. The van der Waals surface area contributed by atoms with Gasteiger partial charge in [0.25, 0.3) is 5.91 Å². The predicted molar refractivity (Wildman–Crippen MR) is 107 cm³/mol. The van der Waals surface area contributed by atoms with E-state index in [2.05, 4.69) is 4.90 Å². The maximum absolute atomic E-state index is 13.1. The zero-order valence-electron chi connectivity index (χ0n) is 17.3. The summed E-state index contributed by atoms with van der Waals surface area (Å²) in [6.07, 6.45) is 8.49. The molecule has 0 spiro atoms. The van der Waals surface area contributed by atoms with E-state index in [1.54, 1.807) is 0 Å². The molecule has 29 heavy (non-hydrogen) atoms. The molecule has 0 aromatic rings. The van der Waals surface area contributed by atoms with Crippen molar-refractivity contribution in [2.24, 2.45) is 17.8 Å². The van der Waals surface area contributed by atoms with Gasteiger partial charge in [-0.1, -0.05) is 18.2 Å². The molecule has 0 aliphatic carbocycles. The molecule has 1 amide bonds. The summed E-state index contributed by atoms with van der Waals surface area (Å²) in [5, 5.41) is 10.2. The zero-order valence-corrected chi connectivity index (χ0v) is 17.3. The maximum Gasteiger partial charge on any atom is 0.310 e. The molecule has 4 aliphatic heterocycles. The molecule has 2 bridgehead atoms. The van der Waals surface area contributed by atoms with Crippen LogP contribution in [0.5, 0.6) is 0 Å². The van der Waals surface area contributed by atoms with E-state index >= 15 is 0 Å². The molecule has 3 fully saturated rings. The number of hydrogen-bond donors (Lipinski definition) is 1. The molecule has 4 heterocycles. The molecule has 4 aliphatic rings. The smallest absolute Gasteiger partial charge is 0.310 e. The fraction of sp³-hybridized carbons (Fsp3) is 0.727. The van der Waals surface area contributed by atoms with Gasteiger partial charge in [0, 0.05) is 56.5 Å². The summed E-state index contributed by atoms with van der Waals surface area (Å²) in [5.74, 6) is -0.344. The van der Waals surface area contributed by atoms with E-state index in [4.69, 9.17) is 9.47 Å². The molecular formula is C22H32N2O5. The minimum atomic E-state index is -0.408. The lowest BCUT2D eigenvalue weighted by Gasteiger charge is -2.50. The summed E-state index contributed by atoms with van der Waals surface area (Å²) >= 11 is 0. The van der Waals surface area contributed by atoms with Gasteiger partial charge in [0.05, 0.1) is 19.1 Å². The number of allylic oxidation sites excluding steroid dienone is 1. The average molecular weight is 405 g/mol. The molecule has 1 N–H and O–H groups in total. The fourth-order valence-electron chi connectivity index (χ4n) is 5.88. The zero-order chi connectivity index (χ0) is 20.5. The summed E-state index contributed by atoms with van der Waals surface area (Å²) in [6, 6.07) is -0.205. The highest BCUT2D eigenvalue weighted by molar-refractivity contribution is 5.97. The van der Waals surface area contributed by atoms with E-state index in [1.165, 1.54) is 7.11 Å². The van der Waals surface area contributed by atoms with Crippen molar-refractivity contribution >= 4 is 11.9 Å². The number of ether oxygens (including phenoxy) is 2. The molecule has 0 saturated carbocycles. The van der Waals surface area contributed by atoms with Gasteiger partial charge in [-0.25, -0.2) is 0 Å². The minimum Gasteiger partial charge on any atom is -0.469 e. The summed E-state index contributed by atoms with van der Waals surface area (Å²) in [6.45, 7) is 4.83. The van der Waals surface area contributed by atoms with Crippen LogP contribution in [0, 0.1) is 17.8 Å². The largest absolute Gasteiger partial charge is 0.469 e. The molecule has 4 rings (SSSR count). The number of carbonyl (C=O) groups excluding carboxylic acids is 2. The van der Waals surface area contributed by atoms with Crippen molar-refractivity contribution in [3.8, 4) is 0 Å². The van der Waals surface area contributed by atoms with Crippen LogP contribution in [-0.4, -0.2) is 84.9 Å². The van der Waals surface area contributed by atoms with Gasteiger partial charge in [-0.3, -0.25) is 14.5 Å². The van der Waals surface area contributed by atoms with Gasteiger partial charge in [-0.15, -0.1) is 0 Å². The number of methoxy groups -OCH3 is 1. The summed E-state index contributed by atoms with van der Waals surface area (Å²) < 4.78 is 10.7. The average Bonchev–Trinajstić information content (AvgIpc) is 2.95. The van der Waals surface area contributed by atoms with Crippen molar-refractivity contribution in [1.82, 2.24) is 9.80 Å². The molecule has 0 radical (unpaired) electrons. The molecule has 7 heteroatoms. The highest BCUT2D eigenvalue weighted by Gasteiger charge is 2.60. The summed E-state index contributed by atoms with van der Waals surface area (Å²) in [4.78, 5) is 30.2. The van der Waals surface area contributed by atoms with Crippen LogP contribution in [0.4, 0.5) is 0 Å². The maximum atomic E-state index is 13.1. The van der Waals surface area contributed by atoms with E-state index in [0.29, 0.717) is 12.5 Å². The Balaban J connectivity index is 1.67. The number of nitrogens with zero attached hydrogens (tertiary/aromatic N) is 2. The Bertz CT molecular complexity index is 699. The van der Waals surface area contributed by atoms with Gasteiger partial charge in [-0.05, 0) is 32.1 Å². The summed E-state index contributed by atoms with van der Waals surface area (Å²) in [7, 11) is 1.41. The monoisotopic (exact) mass is 404 g/mol. The van der Waals surface area contributed by atoms with Crippen molar-refractivity contribution in [3.05, 3.63) is 23.8 Å². The summed E-state index contributed by atoms with van der Waals surface area (Å²) in [5.41, 5.74) is 0.719. The third kappa shape index (κ3) is 3.53. The second-order valence-electron chi connectivity index (χ2n) is 8.63. The number of fused-ring (bicyclic) bond motifs is 4. The van der Waals surface area contributed by atoms with E-state index in [1.807, 2.05) is 30.1 Å². The lowest BCUT2D eigenvalue weighted by atomic mass is 9.84. The van der Waals surface area contributed by atoms with Crippen LogP contribution in [0.15, 0.2) is 23.8 Å². The second kappa shape index (κ2) is 8.58. The highest BCUT2D eigenvalue weighted by atomic mass is 16.5. The van der Waals surface area contributed by atoms with Crippen molar-refractivity contribution < 1.29 is 24.2 Å². The van der Waals surface area contributed by atoms with Crippen molar-refractivity contribution in [2.45, 2.75) is 44.3 Å². The van der Waals surface area contributed by atoms with Gasteiger partial charge >= 0.3 is 5.97 Å². The number of amides is 1. The van der Waals surface area contributed by atoms with Gasteiger partial charge in [0.2, 0.25) is 0 Å². The van der Waals surface area contributed by atoms with Crippen LogP contribution in [-0.2, 0) is 19.1 Å². The molecular weight excluding hydrogens is 372 g/mol. The van der Waals surface area contributed by atoms with Crippen LogP contribution >= 0.6 is 0 Å². The van der Waals surface area contributed by atoms with Crippen LogP contribution < -0.4 is 0 Å². The van der Waals surface area contributed by atoms with Crippen LogP contribution in [0.3, 0.4) is 0 Å². The number of aliphatic hydroxyl groups is 1. The lowest BCUT2D eigenvalue weighted by molar-refractivity contribution is -0.150. The molecule has 160 valence electrons. The Morgan fingerprint density at radius 1 is 1.34 bits per heavy atom. The molecule has 1 unspecified atom stereocenters. The molecule has 3 saturated heterocycles. The first-order valence-corrected chi connectivity index (χ1v) is 10.8. The first kappa shape index (κ1) is 20.6. The topological polar surface area (TPSA) is 79.3 Å². The Morgan fingerprint density at radius 3 is 2.76 bits per heavy atom. The predicted octanol–water partition coefficient (Wildman–Crippen LogP) is 0.980. The van der Waals surface area contributed by atoms with Gasteiger partial charge in [-0.2, -0.15) is 0 Å². The number of aliphatic hydroxyl groups excluding tert-OH is 1. The third-order valence-corrected chi connectivity index (χ3v) is 7.24. The van der Waals surface area contributed by atoms with E-state index in [0.717, 1.165) is 44.6 Å². The van der Waals surface area contributed by atoms with Crippen molar-refractivity contribution in [1.29, 1.82) is 0 Å². The number of piperazine rings is 1. The van der Waals surface area contributed by atoms with Gasteiger partial charge in [0.15, 0.2) is 0 Å². The van der Waals surface area contributed by atoms with E-state index in [-0.39, 0.29) is 42.5 Å². The number of rotatable bonds is 5. The number of esters is 1. The Morgan fingerprint density at radius 2 is 2.10 bits per heavy atom. The standard InChI is InChI=1S/C22H32N2O5/c1-3-4-15-5-6-17-20-19(22(27)28-2)16(13-25)18(12-24(17)21(15)26)23(20)11-14-7-9-29-10-8-14/h3-5,14,16-20,25H,6-13H2,1-2H3/b4-3+/t16-,17?,18-,19+,20+/m1/s1. The molecule has 7 nitrogen and oxygen atoms in total. The first-order valence-electron chi connectivity index (χ1n) is 10.8. The normalized spacial score (nSPS) is 35.7. The number of hydrogen-bond acceptors (Lipinski definition) is 6. The molecule has 0 aromatic heterocycles. The molecule has 5 atom stereocenters. The van der Waals surface area contributed by atoms with Crippen LogP contribution in [0.1, 0.15) is 26.2 Å². The second-order valence-corrected chi connectivity index (χ2v) is 8.63. The lowest BCUT2D eigenvalue weighted by Crippen LogP contribution is -2.64. The van der Waals surface area contributed by atoms with Crippen molar-refractivity contribution in [2.75, 3.05) is 40.0 Å². The van der Waals surface area contributed by atoms with Crippen LogP contribution in [0.25, 0.3) is 0 Å². The Kier molecular flexibility index (Phi) is 6.08. The fourth-order valence-corrected chi connectivity index (χ4v) is 5.88. The Labute approximate surface area is 172 Å².